The number of carbonyl (C=O) groups excluding carboxylic acids is 2. The number of para-hydroxylation sites is 1. The number of ether oxygens (including phenoxy) is 1. The molecule has 0 aliphatic carbocycles. The molecule has 148 valence electrons. The fourth-order valence-electron chi connectivity index (χ4n) is 2.51. The molecule has 1 N–H and O–H groups in total. The van der Waals surface area contributed by atoms with Crippen molar-refractivity contribution < 1.29 is 18.7 Å². The lowest BCUT2D eigenvalue weighted by Crippen LogP contribution is -2.20. The number of amides is 1. The predicted molar refractivity (Wildman–Crippen MR) is 108 cm³/mol. The Hall–Kier alpha value is -3.45. The van der Waals surface area contributed by atoms with E-state index in [1.54, 1.807) is 43.3 Å². The van der Waals surface area contributed by atoms with Gasteiger partial charge in [0.25, 0.3) is 5.91 Å². The van der Waals surface area contributed by atoms with Crippen LogP contribution in [0.2, 0.25) is 5.15 Å². The Kier molecular flexibility index (Phi) is 6.41. The van der Waals surface area contributed by atoms with Gasteiger partial charge in [0.05, 0.1) is 11.4 Å². The van der Waals surface area contributed by atoms with Crippen LogP contribution in [0.5, 0.6) is 0 Å². The second kappa shape index (κ2) is 9.16. The van der Waals surface area contributed by atoms with E-state index in [4.69, 9.17) is 16.3 Å². The van der Waals surface area contributed by atoms with Gasteiger partial charge in [0.2, 0.25) is 0 Å². The number of anilines is 1. The van der Waals surface area contributed by atoms with E-state index in [1.807, 2.05) is 6.07 Å². The highest BCUT2D eigenvalue weighted by molar-refractivity contribution is 6.31. The summed E-state index contributed by atoms with van der Waals surface area (Å²) in [5, 5.41) is 7.18. The molecular weight excluding hydrogens is 397 g/mol. The maximum absolute atomic E-state index is 13.1. The lowest BCUT2D eigenvalue weighted by Gasteiger charge is -2.04. The lowest BCUT2D eigenvalue weighted by molar-refractivity contribution is -0.142. The second-order valence-electron chi connectivity index (χ2n) is 6.03. The summed E-state index contributed by atoms with van der Waals surface area (Å²) in [6, 6.07) is 14.5. The normalized spacial score (nSPS) is 10.9. The molecule has 8 heteroatoms. The third-order valence-corrected chi connectivity index (χ3v) is 4.27. The molecule has 0 bridgehead atoms. The van der Waals surface area contributed by atoms with Crippen molar-refractivity contribution in [3.63, 3.8) is 0 Å². The SMILES string of the molecule is Cc1nn(-c2ccc(F)cc2)c(Cl)c1C=CC(=O)OCC(=O)Nc1ccccc1. The van der Waals surface area contributed by atoms with Crippen LogP contribution < -0.4 is 5.32 Å². The molecule has 0 saturated heterocycles. The van der Waals surface area contributed by atoms with Crippen molar-refractivity contribution in [3.05, 3.63) is 82.9 Å². The Balaban J connectivity index is 1.61. The van der Waals surface area contributed by atoms with Gasteiger partial charge in [-0.25, -0.2) is 13.9 Å². The molecule has 1 heterocycles. The first-order valence-corrected chi connectivity index (χ1v) is 9.02. The molecule has 29 heavy (non-hydrogen) atoms. The van der Waals surface area contributed by atoms with Crippen molar-refractivity contribution in [2.45, 2.75) is 6.92 Å². The molecular formula is C21H17ClFN3O3. The largest absolute Gasteiger partial charge is 0.452 e. The average Bonchev–Trinajstić information content (AvgIpc) is 3.00. The minimum atomic E-state index is -0.696. The van der Waals surface area contributed by atoms with Crippen LogP contribution in [0.1, 0.15) is 11.3 Å². The molecule has 2 aromatic carbocycles. The Bertz CT molecular complexity index is 1050. The molecule has 0 fully saturated rings. The summed E-state index contributed by atoms with van der Waals surface area (Å²) in [6.07, 6.45) is 2.63. The monoisotopic (exact) mass is 413 g/mol. The van der Waals surface area contributed by atoms with E-state index in [2.05, 4.69) is 10.4 Å². The number of nitrogens with one attached hydrogen (secondary N) is 1. The first kappa shape index (κ1) is 20.3. The van der Waals surface area contributed by atoms with Crippen molar-refractivity contribution in [2.24, 2.45) is 0 Å². The van der Waals surface area contributed by atoms with Crippen LogP contribution in [0.25, 0.3) is 11.8 Å². The van der Waals surface area contributed by atoms with Gasteiger partial charge in [-0.05, 0) is 49.4 Å². The number of nitrogens with zero attached hydrogens (tertiary/aromatic N) is 2. The fourth-order valence-corrected chi connectivity index (χ4v) is 2.84. The number of hydrogen-bond donors (Lipinski definition) is 1. The lowest BCUT2D eigenvalue weighted by atomic mass is 10.2. The van der Waals surface area contributed by atoms with Crippen molar-refractivity contribution >= 4 is 35.2 Å². The van der Waals surface area contributed by atoms with E-state index in [-0.39, 0.29) is 11.0 Å². The van der Waals surface area contributed by atoms with E-state index in [9.17, 15) is 14.0 Å². The summed E-state index contributed by atoms with van der Waals surface area (Å²) in [4.78, 5) is 23.7. The van der Waals surface area contributed by atoms with Gasteiger partial charge in [0.15, 0.2) is 6.61 Å². The molecule has 0 saturated carbocycles. The zero-order valence-electron chi connectivity index (χ0n) is 15.4. The van der Waals surface area contributed by atoms with Crippen LogP contribution >= 0.6 is 11.6 Å². The summed E-state index contributed by atoms with van der Waals surface area (Å²) in [5.41, 5.74) is 2.28. The third kappa shape index (κ3) is 5.30. The number of aromatic nitrogens is 2. The van der Waals surface area contributed by atoms with Crippen LogP contribution in [-0.4, -0.2) is 28.3 Å². The summed E-state index contributed by atoms with van der Waals surface area (Å²) in [5.74, 6) is -1.51. The topological polar surface area (TPSA) is 73.2 Å². The summed E-state index contributed by atoms with van der Waals surface area (Å²) in [7, 11) is 0. The zero-order chi connectivity index (χ0) is 20.8. The molecule has 0 aliphatic rings. The minimum Gasteiger partial charge on any atom is -0.452 e. The van der Waals surface area contributed by atoms with E-state index >= 15 is 0 Å². The van der Waals surface area contributed by atoms with Crippen LogP contribution in [0.15, 0.2) is 60.7 Å². The van der Waals surface area contributed by atoms with Crippen molar-refractivity contribution in [1.82, 2.24) is 9.78 Å². The maximum Gasteiger partial charge on any atom is 0.331 e. The molecule has 0 aliphatic heterocycles. The highest BCUT2D eigenvalue weighted by Gasteiger charge is 2.13. The van der Waals surface area contributed by atoms with Crippen LogP contribution in [0, 0.1) is 12.7 Å². The van der Waals surface area contributed by atoms with E-state index in [0.717, 1.165) is 0 Å². The van der Waals surface area contributed by atoms with Crippen molar-refractivity contribution in [3.8, 4) is 5.69 Å². The first-order chi connectivity index (χ1) is 13.9. The van der Waals surface area contributed by atoms with E-state index in [1.165, 1.54) is 29.0 Å². The number of benzene rings is 2. The number of aryl methyl sites for hydroxylation is 1. The van der Waals surface area contributed by atoms with Gasteiger partial charge in [-0.15, -0.1) is 0 Å². The molecule has 1 aromatic heterocycles. The van der Waals surface area contributed by atoms with Crippen LogP contribution in [0.4, 0.5) is 10.1 Å². The predicted octanol–water partition coefficient (Wildman–Crippen LogP) is 4.17. The molecule has 0 unspecified atom stereocenters. The summed E-state index contributed by atoms with van der Waals surface area (Å²) >= 11 is 6.34. The van der Waals surface area contributed by atoms with Crippen LogP contribution in [0.3, 0.4) is 0 Å². The van der Waals surface area contributed by atoms with Gasteiger partial charge in [-0.3, -0.25) is 4.79 Å². The highest BCUT2D eigenvalue weighted by Crippen LogP contribution is 2.24. The fraction of sp³-hybridized carbons (Fsp3) is 0.0952. The Morgan fingerprint density at radius 2 is 1.86 bits per heavy atom. The summed E-state index contributed by atoms with van der Waals surface area (Å²) in [6.45, 7) is 1.31. The third-order valence-electron chi connectivity index (χ3n) is 3.91. The minimum absolute atomic E-state index is 0.264. The maximum atomic E-state index is 13.1. The van der Waals surface area contributed by atoms with Crippen LogP contribution in [-0.2, 0) is 14.3 Å². The molecule has 3 rings (SSSR count). The first-order valence-electron chi connectivity index (χ1n) is 8.65. The average molecular weight is 414 g/mol. The Morgan fingerprint density at radius 3 is 2.55 bits per heavy atom. The second-order valence-corrected chi connectivity index (χ2v) is 6.39. The van der Waals surface area contributed by atoms with Gasteiger partial charge < -0.3 is 10.1 Å². The Morgan fingerprint density at radius 1 is 1.17 bits per heavy atom. The molecule has 6 nitrogen and oxygen atoms in total. The number of halogens is 2. The van der Waals surface area contributed by atoms with Crippen molar-refractivity contribution in [2.75, 3.05) is 11.9 Å². The number of carbonyl (C=O) groups is 2. The van der Waals surface area contributed by atoms with Gasteiger partial charge >= 0.3 is 5.97 Å². The number of esters is 1. The van der Waals surface area contributed by atoms with Gasteiger partial charge in [0, 0.05) is 17.3 Å². The standard InChI is InChI=1S/C21H17ClFN3O3/c1-14-18(21(22)26(25-14)17-9-7-15(23)8-10-17)11-12-20(28)29-13-19(27)24-16-5-3-2-4-6-16/h2-12H,13H2,1H3,(H,24,27). The van der Waals surface area contributed by atoms with Gasteiger partial charge in [-0.2, -0.15) is 5.10 Å². The van der Waals surface area contributed by atoms with Crippen molar-refractivity contribution in [1.29, 1.82) is 0 Å². The van der Waals surface area contributed by atoms with Gasteiger partial charge in [-0.1, -0.05) is 29.8 Å². The molecule has 0 radical (unpaired) electrons. The highest BCUT2D eigenvalue weighted by atomic mass is 35.5. The smallest absolute Gasteiger partial charge is 0.331 e. The Labute approximate surface area is 171 Å². The van der Waals surface area contributed by atoms with E-state index < -0.39 is 18.5 Å². The summed E-state index contributed by atoms with van der Waals surface area (Å²) < 4.78 is 19.5. The molecule has 0 atom stereocenters. The van der Waals surface area contributed by atoms with Gasteiger partial charge in [0.1, 0.15) is 11.0 Å². The molecule has 0 spiro atoms. The molecule has 3 aromatic rings. The molecule has 1 amide bonds. The quantitative estimate of drug-likeness (QED) is 0.486. The number of rotatable bonds is 6. The number of hydrogen-bond acceptors (Lipinski definition) is 4. The zero-order valence-corrected chi connectivity index (χ0v) is 16.2. The van der Waals surface area contributed by atoms with E-state index in [0.29, 0.717) is 22.6 Å².